The molecule has 1 atom stereocenters. The van der Waals surface area contributed by atoms with Crippen LogP contribution in [0.25, 0.3) is 0 Å². The van der Waals surface area contributed by atoms with Crippen LogP contribution in [0.5, 0.6) is 5.75 Å². The van der Waals surface area contributed by atoms with Crippen LogP contribution in [0.3, 0.4) is 0 Å². The third kappa shape index (κ3) is 3.74. The van der Waals surface area contributed by atoms with Gasteiger partial charge in [-0.2, -0.15) is 0 Å². The predicted molar refractivity (Wildman–Crippen MR) is 72.0 cm³/mol. The topological polar surface area (TPSA) is 66.6 Å². The number of hydrogen-bond donors (Lipinski definition) is 2. The Morgan fingerprint density at radius 3 is 2.56 bits per heavy atom. The van der Waals surface area contributed by atoms with E-state index in [2.05, 4.69) is 0 Å². The molecule has 4 heteroatoms. The number of carbonyl (C=O) groups excluding carboxylic acids is 1. The molecule has 0 spiro atoms. The van der Waals surface area contributed by atoms with Crippen LogP contribution in [0.1, 0.15) is 26.3 Å². The molecule has 100 valence electrons. The smallest absolute Gasteiger partial charge is 0.240 e. The molecule has 18 heavy (non-hydrogen) atoms. The third-order valence-electron chi connectivity index (χ3n) is 2.91. The van der Waals surface area contributed by atoms with Crippen LogP contribution in [0.15, 0.2) is 24.3 Å². The summed E-state index contributed by atoms with van der Waals surface area (Å²) >= 11 is 0. The number of carbonyl (C=O) groups is 1. The number of phenols is 1. The molecule has 0 saturated carbocycles. The van der Waals surface area contributed by atoms with Gasteiger partial charge in [0.05, 0.1) is 6.04 Å². The lowest BCUT2D eigenvalue weighted by atomic mass is 9.86. The molecule has 0 radical (unpaired) electrons. The fourth-order valence-corrected chi connectivity index (χ4v) is 1.61. The molecule has 1 aromatic carbocycles. The Kier molecular flexibility index (Phi) is 4.35. The molecule has 0 aliphatic carbocycles. The van der Waals surface area contributed by atoms with Crippen molar-refractivity contribution in [2.75, 3.05) is 7.05 Å². The number of nitrogens with two attached hydrogens (primary N) is 1. The highest BCUT2D eigenvalue weighted by atomic mass is 16.3. The lowest BCUT2D eigenvalue weighted by Gasteiger charge is -2.30. The summed E-state index contributed by atoms with van der Waals surface area (Å²) < 4.78 is 0. The Hall–Kier alpha value is -1.55. The first-order valence-corrected chi connectivity index (χ1v) is 6.00. The van der Waals surface area contributed by atoms with Gasteiger partial charge in [0.25, 0.3) is 0 Å². The van der Waals surface area contributed by atoms with Crippen molar-refractivity contribution in [3.8, 4) is 5.75 Å². The zero-order valence-corrected chi connectivity index (χ0v) is 11.5. The average molecular weight is 250 g/mol. The van der Waals surface area contributed by atoms with E-state index in [1.165, 1.54) is 0 Å². The number of aromatic hydroxyl groups is 1. The average Bonchev–Trinajstić information content (AvgIpc) is 2.25. The van der Waals surface area contributed by atoms with E-state index in [4.69, 9.17) is 5.73 Å². The molecule has 0 aliphatic heterocycles. The first kappa shape index (κ1) is 14.5. The van der Waals surface area contributed by atoms with Gasteiger partial charge < -0.3 is 15.7 Å². The number of amides is 1. The highest BCUT2D eigenvalue weighted by molar-refractivity contribution is 5.82. The highest BCUT2D eigenvalue weighted by Crippen LogP contribution is 2.20. The van der Waals surface area contributed by atoms with Crippen molar-refractivity contribution in [1.82, 2.24) is 4.90 Å². The summed E-state index contributed by atoms with van der Waals surface area (Å²) in [7, 11) is 1.72. The number of benzene rings is 1. The van der Waals surface area contributed by atoms with Crippen molar-refractivity contribution in [3.63, 3.8) is 0 Å². The molecular formula is C14H22N2O2. The molecule has 1 unspecified atom stereocenters. The quantitative estimate of drug-likeness (QED) is 0.858. The van der Waals surface area contributed by atoms with Crippen molar-refractivity contribution in [2.24, 2.45) is 11.1 Å². The summed E-state index contributed by atoms with van der Waals surface area (Å²) in [5.74, 6) is 0.110. The van der Waals surface area contributed by atoms with Crippen LogP contribution in [0, 0.1) is 5.41 Å². The largest absolute Gasteiger partial charge is 0.508 e. The second-order valence-corrected chi connectivity index (χ2v) is 5.71. The molecule has 1 rings (SSSR count). The van der Waals surface area contributed by atoms with Gasteiger partial charge in [-0.05, 0) is 23.1 Å². The van der Waals surface area contributed by atoms with Crippen molar-refractivity contribution >= 4 is 5.91 Å². The summed E-state index contributed by atoms with van der Waals surface area (Å²) in [6.45, 7) is 6.27. The number of phenolic OH excluding ortho intramolecular Hbond substituents is 1. The van der Waals surface area contributed by atoms with E-state index >= 15 is 0 Å². The van der Waals surface area contributed by atoms with Gasteiger partial charge in [0.15, 0.2) is 0 Å². The molecule has 1 amide bonds. The zero-order valence-electron chi connectivity index (χ0n) is 11.5. The van der Waals surface area contributed by atoms with Crippen LogP contribution < -0.4 is 5.73 Å². The van der Waals surface area contributed by atoms with E-state index in [-0.39, 0.29) is 17.1 Å². The maximum atomic E-state index is 12.1. The molecule has 0 aliphatic rings. The van der Waals surface area contributed by atoms with Gasteiger partial charge in [-0.1, -0.05) is 32.9 Å². The second kappa shape index (κ2) is 5.40. The third-order valence-corrected chi connectivity index (χ3v) is 2.91. The predicted octanol–water partition coefficient (Wildman–Crippen LogP) is 1.72. The molecule has 0 heterocycles. The molecule has 0 fully saturated rings. The van der Waals surface area contributed by atoms with Gasteiger partial charge in [-0.3, -0.25) is 4.79 Å². The van der Waals surface area contributed by atoms with Gasteiger partial charge in [-0.15, -0.1) is 0 Å². The number of rotatable bonds is 3. The summed E-state index contributed by atoms with van der Waals surface area (Å²) in [6.07, 6.45) is 0. The summed E-state index contributed by atoms with van der Waals surface area (Å²) in [5, 5.41) is 9.37. The molecule has 0 bridgehead atoms. The van der Waals surface area contributed by atoms with Crippen LogP contribution in [0.4, 0.5) is 0 Å². The first-order valence-electron chi connectivity index (χ1n) is 6.00. The van der Waals surface area contributed by atoms with Crippen LogP contribution in [-0.2, 0) is 11.3 Å². The van der Waals surface area contributed by atoms with Gasteiger partial charge in [-0.25, -0.2) is 0 Å². The Balaban J connectivity index is 2.71. The lowest BCUT2D eigenvalue weighted by molar-refractivity contribution is -0.134. The van der Waals surface area contributed by atoms with Crippen molar-refractivity contribution in [3.05, 3.63) is 29.8 Å². The number of likely N-dealkylation sites (N-methyl/N-ethyl adjacent to an activating group) is 1. The summed E-state index contributed by atoms with van der Waals surface area (Å²) in [6, 6.07) is 6.34. The van der Waals surface area contributed by atoms with Gasteiger partial charge in [0.1, 0.15) is 5.75 Å². The zero-order chi connectivity index (χ0) is 13.9. The fraction of sp³-hybridized carbons (Fsp3) is 0.500. The van der Waals surface area contributed by atoms with Crippen LogP contribution >= 0.6 is 0 Å². The SMILES string of the molecule is CN(Cc1cccc(O)c1)C(=O)C(N)C(C)(C)C. The van der Waals surface area contributed by atoms with Crippen molar-refractivity contribution in [2.45, 2.75) is 33.4 Å². The maximum Gasteiger partial charge on any atom is 0.240 e. The summed E-state index contributed by atoms with van der Waals surface area (Å²) in [5.41, 5.74) is 6.56. The van der Waals surface area contributed by atoms with Crippen molar-refractivity contribution in [1.29, 1.82) is 0 Å². The van der Waals surface area contributed by atoms with Crippen molar-refractivity contribution < 1.29 is 9.90 Å². The van der Waals surface area contributed by atoms with E-state index < -0.39 is 6.04 Å². The standard InChI is InChI=1S/C14H22N2O2/c1-14(2,3)12(15)13(18)16(4)9-10-6-5-7-11(17)8-10/h5-8,12,17H,9,15H2,1-4H3. The molecular weight excluding hydrogens is 228 g/mol. The van der Waals surface area contributed by atoms with Gasteiger partial charge in [0, 0.05) is 13.6 Å². The molecule has 1 aromatic rings. The monoisotopic (exact) mass is 250 g/mol. The fourth-order valence-electron chi connectivity index (χ4n) is 1.61. The van der Waals surface area contributed by atoms with E-state index in [1.807, 2.05) is 26.8 Å². The van der Waals surface area contributed by atoms with Crippen LogP contribution in [-0.4, -0.2) is 29.0 Å². The minimum absolute atomic E-state index is 0.0918. The van der Waals surface area contributed by atoms with E-state index in [0.717, 1.165) is 5.56 Å². The minimum atomic E-state index is -0.528. The molecule has 0 aromatic heterocycles. The number of nitrogens with zero attached hydrogens (tertiary/aromatic N) is 1. The van der Waals surface area contributed by atoms with E-state index in [1.54, 1.807) is 30.1 Å². The summed E-state index contributed by atoms with van der Waals surface area (Å²) in [4.78, 5) is 13.7. The Morgan fingerprint density at radius 2 is 2.06 bits per heavy atom. The van der Waals surface area contributed by atoms with Crippen LogP contribution in [0.2, 0.25) is 0 Å². The maximum absolute atomic E-state index is 12.1. The highest BCUT2D eigenvalue weighted by Gasteiger charge is 2.29. The molecule has 4 nitrogen and oxygen atoms in total. The number of hydrogen-bond acceptors (Lipinski definition) is 3. The Morgan fingerprint density at radius 1 is 1.44 bits per heavy atom. The molecule has 0 saturated heterocycles. The normalized spacial score (nSPS) is 13.2. The van der Waals surface area contributed by atoms with E-state index in [0.29, 0.717) is 6.54 Å². The lowest BCUT2D eigenvalue weighted by Crippen LogP contribution is -2.48. The molecule has 3 N–H and O–H groups in total. The minimum Gasteiger partial charge on any atom is -0.508 e. The van der Waals surface area contributed by atoms with E-state index in [9.17, 15) is 9.90 Å². The Labute approximate surface area is 108 Å². The Bertz CT molecular complexity index is 424. The van der Waals surface area contributed by atoms with Gasteiger partial charge >= 0.3 is 0 Å². The first-order chi connectivity index (χ1) is 8.21. The van der Waals surface area contributed by atoms with Gasteiger partial charge in [0.2, 0.25) is 5.91 Å². The second-order valence-electron chi connectivity index (χ2n) is 5.71.